The van der Waals surface area contributed by atoms with Gasteiger partial charge in [0.1, 0.15) is 17.4 Å². The van der Waals surface area contributed by atoms with Gasteiger partial charge >= 0.3 is 0 Å². The second-order valence-electron chi connectivity index (χ2n) is 6.78. The lowest BCUT2D eigenvalue weighted by atomic mass is 10.2. The molecule has 3 aromatic rings. The van der Waals surface area contributed by atoms with Gasteiger partial charge in [-0.15, -0.1) is 11.3 Å². The number of amides is 1. The Kier molecular flexibility index (Phi) is 4.37. The number of ether oxygens (including phenoxy) is 3. The number of hydrogen-bond donors (Lipinski definition) is 1. The molecule has 5 rings (SSSR count). The van der Waals surface area contributed by atoms with Crippen LogP contribution in [0.4, 0.5) is 5.69 Å². The van der Waals surface area contributed by atoms with E-state index in [0.29, 0.717) is 41.0 Å². The van der Waals surface area contributed by atoms with Crippen LogP contribution in [0, 0.1) is 0 Å². The first kappa shape index (κ1) is 17.1. The zero-order chi connectivity index (χ0) is 18.9. The van der Waals surface area contributed by atoms with Crippen molar-refractivity contribution in [2.24, 2.45) is 0 Å². The summed E-state index contributed by atoms with van der Waals surface area (Å²) in [5.74, 6) is 2.49. The molecule has 1 N–H and O–H groups in total. The van der Waals surface area contributed by atoms with E-state index in [-0.39, 0.29) is 12.7 Å². The molecule has 1 saturated carbocycles. The van der Waals surface area contributed by atoms with E-state index in [2.05, 4.69) is 15.7 Å². The molecule has 1 amide bonds. The number of nitrogens with zero attached hydrogens (tertiary/aromatic N) is 1. The third kappa shape index (κ3) is 3.66. The Morgan fingerprint density at radius 1 is 1.14 bits per heavy atom. The minimum Gasteiger partial charge on any atom is -0.486 e. The minimum atomic E-state index is -0.195. The number of anilines is 1. The summed E-state index contributed by atoms with van der Waals surface area (Å²) in [6.45, 7) is 0.650. The zero-order valence-corrected chi connectivity index (χ0v) is 15.8. The lowest BCUT2D eigenvalue weighted by Crippen LogP contribution is -2.11. The number of fused-ring (bicyclic) bond motifs is 1. The lowest BCUT2D eigenvalue weighted by Gasteiger charge is -2.08. The van der Waals surface area contributed by atoms with Crippen LogP contribution in [0.2, 0.25) is 0 Å². The summed E-state index contributed by atoms with van der Waals surface area (Å²) in [5, 5.41) is 5.96. The first-order valence-electron chi connectivity index (χ1n) is 9.13. The zero-order valence-electron chi connectivity index (χ0n) is 15.0. The average molecular weight is 394 g/mol. The maximum Gasteiger partial charge on any atom is 0.255 e. The molecule has 28 heavy (non-hydrogen) atoms. The second-order valence-corrected chi connectivity index (χ2v) is 7.72. The first-order chi connectivity index (χ1) is 13.7. The molecule has 2 heterocycles. The minimum absolute atomic E-state index is 0.195. The molecule has 0 bridgehead atoms. The van der Waals surface area contributed by atoms with Gasteiger partial charge in [0.05, 0.1) is 5.69 Å². The molecule has 0 atom stereocenters. The summed E-state index contributed by atoms with van der Waals surface area (Å²) in [5.41, 5.74) is 2.40. The number of carbonyl (C=O) groups excluding carboxylic acids is 1. The van der Waals surface area contributed by atoms with Gasteiger partial charge in [0.2, 0.25) is 6.79 Å². The number of nitrogens with one attached hydrogen (secondary N) is 1. The molecule has 7 heteroatoms. The second kappa shape index (κ2) is 7.16. The SMILES string of the molecule is O=C(Nc1ccc2c(c1)OCO2)c1ccc(OCc2nc(C3CC3)cs2)cc1. The molecule has 2 aliphatic rings. The van der Waals surface area contributed by atoms with E-state index in [1.165, 1.54) is 18.5 Å². The fourth-order valence-corrected chi connectivity index (χ4v) is 3.77. The van der Waals surface area contributed by atoms with Crippen molar-refractivity contribution in [1.82, 2.24) is 4.98 Å². The van der Waals surface area contributed by atoms with Gasteiger partial charge in [0, 0.05) is 28.6 Å². The molecule has 0 unspecified atom stereocenters. The highest BCUT2D eigenvalue weighted by Crippen LogP contribution is 2.40. The maximum absolute atomic E-state index is 12.4. The number of benzene rings is 2. The molecule has 1 fully saturated rings. The summed E-state index contributed by atoms with van der Waals surface area (Å²) in [4.78, 5) is 17.1. The number of thiazole rings is 1. The van der Waals surface area contributed by atoms with Crippen LogP contribution in [-0.4, -0.2) is 17.7 Å². The monoisotopic (exact) mass is 394 g/mol. The van der Waals surface area contributed by atoms with Gasteiger partial charge in [-0.2, -0.15) is 0 Å². The third-order valence-electron chi connectivity index (χ3n) is 4.67. The highest BCUT2D eigenvalue weighted by atomic mass is 32.1. The van der Waals surface area contributed by atoms with Crippen molar-refractivity contribution in [2.75, 3.05) is 12.1 Å². The summed E-state index contributed by atoms with van der Waals surface area (Å²) in [6, 6.07) is 12.4. The van der Waals surface area contributed by atoms with Crippen LogP contribution < -0.4 is 19.5 Å². The molecule has 6 nitrogen and oxygen atoms in total. The van der Waals surface area contributed by atoms with Crippen LogP contribution in [0.15, 0.2) is 47.8 Å². The lowest BCUT2D eigenvalue weighted by molar-refractivity contribution is 0.102. The van der Waals surface area contributed by atoms with Gasteiger partial charge < -0.3 is 19.5 Å². The molecular formula is C21H18N2O4S. The van der Waals surface area contributed by atoms with Crippen LogP contribution in [-0.2, 0) is 6.61 Å². The average Bonchev–Trinajstić information content (AvgIpc) is 3.27. The Bertz CT molecular complexity index is 1010. The van der Waals surface area contributed by atoms with Crippen molar-refractivity contribution in [2.45, 2.75) is 25.4 Å². The number of aromatic nitrogens is 1. The van der Waals surface area contributed by atoms with Gasteiger partial charge in [-0.25, -0.2) is 4.98 Å². The van der Waals surface area contributed by atoms with Gasteiger partial charge in [-0.1, -0.05) is 0 Å². The summed E-state index contributed by atoms with van der Waals surface area (Å²) in [7, 11) is 0. The van der Waals surface area contributed by atoms with Crippen molar-refractivity contribution in [3.05, 3.63) is 64.1 Å². The summed E-state index contributed by atoms with van der Waals surface area (Å²) in [6.07, 6.45) is 2.50. The Hall–Kier alpha value is -3.06. The topological polar surface area (TPSA) is 69.7 Å². The van der Waals surface area contributed by atoms with E-state index in [1.807, 2.05) is 0 Å². The number of rotatable bonds is 6. The first-order valence-corrected chi connectivity index (χ1v) is 10.0. The molecule has 1 aliphatic carbocycles. The molecule has 1 aliphatic heterocycles. The number of carbonyl (C=O) groups is 1. The molecule has 0 spiro atoms. The fraction of sp³-hybridized carbons (Fsp3) is 0.238. The Labute approximate surface area is 166 Å². The Morgan fingerprint density at radius 2 is 1.96 bits per heavy atom. The van der Waals surface area contributed by atoms with Gasteiger partial charge in [-0.05, 0) is 49.2 Å². The molecular weight excluding hydrogens is 376 g/mol. The normalized spacial score (nSPS) is 14.7. The third-order valence-corrected chi connectivity index (χ3v) is 5.51. The highest BCUT2D eigenvalue weighted by Gasteiger charge is 2.26. The molecule has 0 saturated heterocycles. The van der Waals surface area contributed by atoms with E-state index in [0.717, 1.165) is 5.01 Å². The van der Waals surface area contributed by atoms with Crippen LogP contribution in [0.5, 0.6) is 17.2 Å². The van der Waals surface area contributed by atoms with Crippen molar-refractivity contribution in [3.63, 3.8) is 0 Å². The standard InChI is InChI=1S/C21H18N2O4S/c24-21(22-15-5-8-18-19(9-15)27-12-26-18)14-3-6-16(7-4-14)25-10-20-23-17(11-28-20)13-1-2-13/h3-9,11,13H,1-2,10,12H2,(H,22,24). The van der Waals surface area contributed by atoms with Crippen molar-refractivity contribution in [1.29, 1.82) is 0 Å². The van der Waals surface area contributed by atoms with Crippen molar-refractivity contribution >= 4 is 22.9 Å². The molecule has 0 radical (unpaired) electrons. The quantitative estimate of drug-likeness (QED) is 0.663. The van der Waals surface area contributed by atoms with E-state index < -0.39 is 0 Å². The summed E-state index contributed by atoms with van der Waals surface area (Å²) >= 11 is 1.64. The van der Waals surface area contributed by atoms with Gasteiger partial charge in [-0.3, -0.25) is 4.79 Å². The predicted molar refractivity (Wildman–Crippen MR) is 105 cm³/mol. The van der Waals surface area contributed by atoms with Crippen molar-refractivity contribution < 1.29 is 19.0 Å². The van der Waals surface area contributed by atoms with Crippen LogP contribution in [0.3, 0.4) is 0 Å². The summed E-state index contributed by atoms with van der Waals surface area (Å²) < 4.78 is 16.4. The van der Waals surface area contributed by atoms with E-state index in [9.17, 15) is 4.79 Å². The van der Waals surface area contributed by atoms with Gasteiger partial charge in [0.25, 0.3) is 5.91 Å². The fourth-order valence-electron chi connectivity index (χ4n) is 2.98. The molecule has 1 aromatic heterocycles. The Balaban J connectivity index is 1.18. The van der Waals surface area contributed by atoms with Crippen LogP contribution >= 0.6 is 11.3 Å². The smallest absolute Gasteiger partial charge is 0.255 e. The maximum atomic E-state index is 12.4. The Morgan fingerprint density at radius 3 is 2.79 bits per heavy atom. The van der Waals surface area contributed by atoms with Crippen LogP contribution in [0.1, 0.15) is 39.8 Å². The van der Waals surface area contributed by atoms with Crippen molar-refractivity contribution in [3.8, 4) is 17.2 Å². The largest absolute Gasteiger partial charge is 0.486 e. The predicted octanol–water partition coefficient (Wildman–Crippen LogP) is 4.58. The van der Waals surface area contributed by atoms with E-state index in [1.54, 1.807) is 53.8 Å². The van der Waals surface area contributed by atoms with Crippen LogP contribution in [0.25, 0.3) is 0 Å². The van der Waals surface area contributed by atoms with E-state index >= 15 is 0 Å². The number of hydrogen-bond acceptors (Lipinski definition) is 6. The molecule has 142 valence electrons. The highest BCUT2D eigenvalue weighted by molar-refractivity contribution is 7.09. The molecule has 2 aromatic carbocycles. The van der Waals surface area contributed by atoms with Gasteiger partial charge in [0.15, 0.2) is 11.5 Å². The van der Waals surface area contributed by atoms with E-state index in [4.69, 9.17) is 14.2 Å².